The van der Waals surface area contributed by atoms with Crippen LogP contribution in [-0.2, 0) is 4.52 Å². The van der Waals surface area contributed by atoms with Gasteiger partial charge in [-0.15, -0.1) is 0 Å². The highest BCUT2D eigenvalue weighted by Crippen LogP contribution is 2.83. The highest BCUT2D eigenvalue weighted by molar-refractivity contribution is 7.82. The number of nitrogens with zero attached hydrogens (tertiary/aromatic N) is 7. The lowest BCUT2D eigenvalue weighted by molar-refractivity contribution is 0.453. The smallest absolute Gasteiger partial charge is 0.276 e. The number of hydrogen-bond donors (Lipinski definition) is 1. The monoisotopic (exact) mass is 350 g/mol. The molecular formula is C9H21N8OP3. The van der Waals surface area contributed by atoms with E-state index >= 15 is 0 Å². The number of rotatable bonds is 5. The van der Waals surface area contributed by atoms with E-state index in [9.17, 15) is 0 Å². The fourth-order valence-electron chi connectivity index (χ4n) is 2.69. The molecule has 0 aromatic carbocycles. The first kappa shape index (κ1) is 13.8. The molecular weight excluding hydrogens is 329 g/mol. The van der Waals surface area contributed by atoms with Crippen molar-refractivity contribution in [2.75, 3.05) is 59.5 Å². The molecule has 12 heteroatoms. The second-order valence-electron chi connectivity index (χ2n) is 5.93. The standard InChI is InChI=1S/C9H21N8OP3/c1-18-19(10)11-20(14-2-3-14,15-4-5-15)13-21(12-19,16-6-7-16)17-8-9-17/h2-10H2,1H3. The first-order chi connectivity index (χ1) is 10.1. The summed E-state index contributed by atoms with van der Waals surface area (Å²) < 4.78 is 30.6. The van der Waals surface area contributed by atoms with Crippen molar-refractivity contribution in [3.8, 4) is 0 Å². The summed E-state index contributed by atoms with van der Waals surface area (Å²) in [6.45, 7) is 8.67. The fourth-order valence-corrected chi connectivity index (χ4v) is 15.6. The average Bonchev–Trinajstić information content (AvgIpc) is 3.33. The molecule has 4 saturated heterocycles. The van der Waals surface area contributed by atoms with E-state index in [0.29, 0.717) is 0 Å². The molecule has 0 radical (unpaired) electrons. The Morgan fingerprint density at radius 1 is 0.714 bits per heavy atom. The van der Waals surface area contributed by atoms with E-state index < -0.39 is 22.6 Å². The second-order valence-corrected chi connectivity index (χ2v) is 14.0. The molecule has 5 aliphatic rings. The minimum atomic E-state index is -2.55. The molecule has 118 valence electrons. The maximum absolute atomic E-state index is 6.52. The van der Waals surface area contributed by atoms with Gasteiger partial charge in [0.25, 0.3) is 7.58 Å². The van der Waals surface area contributed by atoms with Gasteiger partial charge in [0.05, 0.1) is 0 Å². The molecule has 0 amide bonds. The quantitative estimate of drug-likeness (QED) is 0.600. The van der Waals surface area contributed by atoms with Gasteiger partial charge in [0, 0.05) is 59.5 Å². The summed E-state index contributed by atoms with van der Waals surface area (Å²) in [7, 11) is -4.92. The van der Waals surface area contributed by atoms with E-state index in [1.54, 1.807) is 7.11 Å². The highest BCUT2D eigenvalue weighted by atomic mass is 31.3. The van der Waals surface area contributed by atoms with Crippen LogP contribution in [0.3, 0.4) is 0 Å². The van der Waals surface area contributed by atoms with Gasteiger partial charge in [-0.2, -0.15) is 13.5 Å². The molecule has 9 nitrogen and oxygen atoms in total. The Balaban J connectivity index is 1.78. The third-order valence-corrected chi connectivity index (χ3v) is 15.3. The molecule has 2 N–H and O–H groups in total. The molecule has 21 heavy (non-hydrogen) atoms. The van der Waals surface area contributed by atoms with Gasteiger partial charge in [-0.25, -0.2) is 18.7 Å². The van der Waals surface area contributed by atoms with Crippen LogP contribution in [-0.4, -0.2) is 78.1 Å². The van der Waals surface area contributed by atoms with Gasteiger partial charge in [-0.1, -0.05) is 0 Å². The normalized spacial score (nSPS) is 40.9. The van der Waals surface area contributed by atoms with Crippen LogP contribution in [0.25, 0.3) is 0 Å². The zero-order chi connectivity index (χ0) is 14.3. The van der Waals surface area contributed by atoms with Crippen molar-refractivity contribution in [1.82, 2.24) is 18.7 Å². The van der Waals surface area contributed by atoms with Crippen LogP contribution in [0, 0.1) is 0 Å². The topological polar surface area (TPSA) is 84.4 Å². The highest BCUT2D eigenvalue weighted by Gasteiger charge is 2.56. The predicted octanol–water partition coefficient (Wildman–Crippen LogP) is 1.71. The summed E-state index contributed by atoms with van der Waals surface area (Å²) >= 11 is 0. The Morgan fingerprint density at radius 2 is 1.10 bits per heavy atom. The van der Waals surface area contributed by atoms with Crippen LogP contribution >= 0.6 is 22.6 Å². The maximum Gasteiger partial charge on any atom is 0.276 e. The lowest BCUT2D eigenvalue weighted by Crippen LogP contribution is -2.12. The Labute approximate surface area is 125 Å². The number of hydrogen-bond acceptors (Lipinski definition) is 9. The van der Waals surface area contributed by atoms with E-state index in [4.69, 9.17) is 23.6 Å². The number of nitrogens with two attached hydrogens (primary N) is 1. The summed E-state index contributed by atoms with van der Waals surface area (Å²) in [4.78, 5) is 0. The first-order valence-corrected chi connectivity index (χ1v) is 12.3. The predicted molar refractivity (Wildman–Crippen MR) is 85.5 cm³/mol. The zero-order valence-corrected chi connectivity index (χ0v) is 14.8. The van der Waals surface area contributed by atoms with Crippen LogP contribution in [0.15, 0.2) is 13.5 Å². The van der Waals surface area contributed by atoms with Crippen molar-refractivity contribution in [2.24, 2.45) is 19.1 Å². The molecule has 5 heterocycles. The SMILES string of the molecule is COP1(N)=NP(N2CC2)(N2CC2)=NP(N2CC2)(N2CC2)=N1. The van der Waals surface area contributed by atoms with Crippen molar-refractivity contribution >= 4 is 22.6 Å². The largest absolute Gasteiger partial charge is 0.319 e. The summed E-state index contributed by atoms with van der Waals surface area (Å²) in [6, 6.07) is 0. The van der Waals surface area contributed by atoms with Crippen LogP contribution in [0.4, 0.5) is 0 Å². The summed E-state index contributed by atoms with van der Waals surface area (Å²) in [6.07, 6.45) is 0. The van der Waals surface area contributed by atoms with Gasteiger partial charge < -0.3 is 4.52 Å². The summed E-state index contributed by atoms with van der Waals surface area (Å²) in [5.41, 5.74) is 6.52. The Bertz CT molecular complexity index is 600. The second kappa shape index (κ2) is 4.29. The van der Waals surface area contributed by atoms with Gasteiger partial charge in [-0.3, -0.25) is 5.50 Å². The fraction of sp³-hybridized carbons (Fsp3) is 1.00. The van der Waals surface area contributed by atoms with Crippen LogP contribution < -0.4 is 5.50 Å². The summed E-state index contributed by atoms with van der Waals surface area (Å²) in [5.74, 6) is 0. The Kier molecular flexibility index (Phi) is 2.83. The van der Waals surface area contributed by atoms with E-state index in [0.717, 1.165) is 52.4 Å². The van der Waals surface area contributed by atoms with Crippen molar-refractivity contribution in [3.05, 3.63) is 0 Å². The molecule has 1 unspecified atom stereocenters. The van der Waals surface area contributed by atoms with Gasteiger partial charge in [-0.05, 0) is 0 Å². The van der Waals surface area contributed by atoms with Crippen molar-refractivity contribution < 1.29 is 4.52 Å². The maximum atomic E-state index is 6.52. The molecule has 0 aromatic rings. The summed E-state index contributed by atoms with van der Waals surface area (Å²) in [5, 5.41) is 0. The van der Waals surface area contributed by atoms with E-state index in [1.165, 1.54) is 0 Å². The van der Waals surface area contributed by atoms with Gasteiger partial charge in [0.1, 0.15) is 0 Å². The first-order valence-electron chi connectivity index (χ1n) is 7.38. The average molecular weight is 350 g/mol. The molecule has 0 aromatic heterocycles. The zero-order valence-electron chi connectivity index (χ0n) is 12.1. The molecule has 0 aliphatic carbocycles. The van der Waals surface area contributed by atoms with Crippen LogP contribution in [0.1, 0.15) is 0 Å². The van der Waals surface area contributed by atoms with Crippen molar-refractivity contribution in [2.45, 2.75) is 0 Å². The molecule has 5 aliphatic heterocycles. The molecule has 1 atom stereocenters. The van der Waals surface area contributed by atoms with Crippen LogP contribution in [0.5, 0.6) is 0 Å². The molecule has 0 saturated carbocycles. The van der Waals surface area contributed by atoms with E-state index in [1.807, 2.05) is 0 Å². The minimum Gasteiger partial charge on any atom is -0.319 e. The third kappa shape index (κ3) is 2.11. The minimum absolute atomic E-state index is 1.08. The molecule has 0 spiro atoms. The molecule has 5 rings (SSSR count). The van der Waals surface area contributed by atoms with Gasteiger partial charge in [0.2, 0.25) is 15.0 Å². The van der Waals surface area contributed by atoms with E-state index in [-0.39, 0.29) is 0 Å². The Morgan fingerprint density at radius 3 is 1.43 bits per heavy atom. The third-order valence-electron chi connectivity index (χ3n) is 4.22. The molecule has 4 fully saturated rings. The van der Waals surface area contributed by atoms with Crippen molar-refractivity contribution in [1.29, 1.82) is 0 Å². The Hall–Kier alpha value is 0.450. The lowest BCUT2D eigenvalue weighted by atomic mass is 11.0. The molecule has 0 bridgehead atoms. The van der Waals surface area contributed by atoms with Crippen LogP contribution in [0.2, 0.25) is 0 Å². The van der Waals surface area contributed by atoms with Crippen molar-refractivity contribution in [3.63, 3.8) is 0 Å². The lowest BCUT2D eigenvalue weighted by Gasteiger charge is -2.35. The van der Waals surface area contributed by atoms with E-state index in [2.05, 4.69) is 18.7 Å². The van der Waals surface area contributed by atoms with Gasteiger partial charge >= 0.3 is 0 Å². The van der Waals surface area contributed by atoms with Gasteiger partial charge in [0.15, 0.2) is 0 Å².